The summed E-state index contributed by atoms with van der Waals surface area (Å²) in [6.07, 6.45) is 9.27. The van der Waals surface area contributed by atoms with Crippen molar-refractivity contribution in [3.05, 3.63) is 24.0 Å². The second-order valence-electron chi connectivity index (χ2n) is 5.55. The zero-order valence-electron chi connectivity index (χ0n) is 12.5. The number of amides is 1. The highest BCUT2D eigenvalue weighted by atomic mass is 16.1. The molecule has 2 rings (SSSR count). The van der Waals surface area contributed by atoms with Crippen molar-refractivity contribution >= 4 is 11.6 Å². The van der Waals surface area contributed by atoms with Crippen molar-refractivity contribution in [2.75, 3.05) is 11.9 Å². The fourth-order valence-electron chi connectivity index (χ4n) is 2.90. The maximum atomic E-state index is 12.4. The fraction of sp³-hybridized carbons (Fsp3) is 0.625. The zero-order chi connectivity index (χ0) is 14.4. The van der Waals surface area contributed by atoms with Gasteiger partial charge in [0.05, 0.1) is 11.3 Å². The van der Waals surface area contributed by atoms with Gasteiger partial charge >= 0.3 is 0 Å². The van der Waals surface area contributed by atoms with Gasteiger partial charge in [0.25, 0.3) is 5.91 Å². The van der Waals surface area contributed by atoms with Crippen molar-refractivity contribution in [1.82, 2.24) is 10.3 Å². The molecule has 0 unspecified atom stereocenters. The Balaban J connectivity index is 1.95. The molecule has 0 aromatic carbocycles. The summed E-state index contributed by atoms with van der Waals surface area (Å²) in [6.45, 7) is 5.07. The van der Waals surface area contributed by atoms with Gasteiger partial charge in [-0.2, -0.15) is 0 Å². The first kappa shape index (κ1) is 14.8. The second kappa shape index (κ2) is 7.27. The number of hydrogen-bond acceptors (Lipinski definition) is 3. The van der Waals surface area contributed by atoms with E-state index in [1.807, 2.05) is 13.0 Å². The Kier molecular flexibility index (Phi) is 5.39. The minimum atomic E-state index is -0.00556. The van der Waals surface area contributed by atoms with Crippen molar-refractivity contribution < 1.29 is 4.79 Å². The fourth-order valence-corrected chi connectivity index (χ4v) is 2.90. The quantitative estimate of drug-likeness (QED) is 0.867. The first-order chi connectivity index (χ1) is 9.74. The van der Waals surface area contributed by atoms with E-state index in [1.54, 1.807) is 12.4 Å². The Morgan fingerprint density at radius 1 is 1.30 bits per heavy atom. The summed E-state index contributed by atoms with van der Waals surface area (Å²) in [6, 6.07) is 2.17. The number of hydrogen-bond donors (Lipinski definition) is 2. The molecule has 1 fully saturated rings. The lowest BCUT2D eigenvalue weighted by Gasteiger charge is -2.28. The summed E-state index contributed by atoms with van der Waals surface area (Å²) in [4.78, 5) is 16.4. The molecule has 1 saturated carbocycles. The third-order valence-electron chi connectivity index (χ3n) is 4.19. The maximum absolute atomic E-state index is 12.4. The van der Waals surface area contributed by atoms with Crippen LogP contribution in [-0.2, 0) is 0 Å². The highest BCUT2D eigenvalue weighted by Gasteiger charge is 2.22. The minimum absolute atomic E-state index is 0.00556. The molecule has 1 heterocycles. The summed E-state index contributed by atoms with van der Waals surface area (Å²) >= 11 is 0. The van der Waals surface area contributed by atoms with Gasteiger partial charge in [-0.25, -0.2) is 0 Å². The van der Waals surface area contributed by atoms with Crippen LogP contribution in [-0.4, -0.2) is 23.5 Å². The molecular weight excluding hydrogens is 250 g/mol. The molecule has 0 aliphatic heterocycles. The molecule has 0 radical (unpaired) electrons. The van der Waals surface area contributed by atoms with Crippen molar-refractivity contribution in [1.29, 1.82) is 0 Å². The van der Waals surface area contributed by atoms with E-state index < -0.39 is 0 Å². The molecule has 1 amide bonds. The normalized spacial score (nSPS) is 22.3. The predicted molar refractivity (Wildman–Crippen MR) is 81.9 cm³/mol. The first-order valence-electron chi connectivity index (χ1n) is 7.73. The lowest BCUT2D eigenvalue weighted by Crippen LogP contribution is -2.37. The number of rotatable bonds is 5. The van der Waals surface area contributed by atoms with Crippen LogP contribution >= 0.6 is 0 Å². The SMILES string of the molecule is CCNc1ccncc1C(=O)NC1CCC(CC)CC1. The van der Waals surface area contributed by atoms with Crippen molar-refractivity contribution in [2.24, 2.45) is 5.92 Å². The summed E-state index contributed by atoms with van der Waals surface area (Å²) in [5.74, 6) is 0.841. The Hall–Kier alpha value is -1.58. The Bertz CT molecular complexity index is 439. The van der Waals surface area contributed by atoms with Crippen LogP contribution in [0, 0.1) is 5.92 Å². The summed E-state index contributed by atoms with van der Waals surface area (Å²) < 4.78 is 0. The highest BCUT2D eigenvalue weighted by Crippen LogP contribution is 2.26. The smallest absolute Gasteiger partial charge is 0.255 e. The van der Waals surface area contributed by atoms with E-state index in [2.05, 4.69) is 22.5 Å². The molecule has 4 nitrogen and oxygen atoms in total. The van der Waals surface area contributed by atoms with E-state index >= 15 is 0 Å². The van der Waals surface area contributed by atoms with E-state index in [9.17, 15) is 4.79 Å². The van der Waals surface area contributed by atoms with Gasteiger partial charge in [-0.1, -0.05) is 13.3 Å². The Morgan fingerprint density at radius 3 is 2.70 bits per heavy atom. The molecule has 1 aliphatic rings. The van der Waals surface area contributed by atoms with Gasteiger partial charge in [0, 0.05) is 25.0 Å². The Labute approximate surface area is 121 Å². The van der Waals surface area contributed by atoms with Crippen LogP contribution in [0.3, 0.4) is 0 Å². The van der Waals surface area contributed by atoms with Gasteiger partial charge in [0.2, 0.25) is 0 Å². The molecule has 4 heteroatoms. The van der Waals surface area contributed by atoms with E-state index in [-0.39, 0.29) is 5.91 Å². The number of anilines is 1. The van der Waals surface area contributed by atoms with E-state index in [1.165, 1.54) is 19.3 Å². The van der Waals surface area contributed by atoms with Crippen LogP contribution in [0.15, 0.2) is 18.5 Å². The van der Waals surface area contributed by atoms with Crippen LogP contribution < -0.4 is 10.6 Å². The lowest BCUT2D eigenvalue weighted by atomic mass is 9.84. The van der Waals surface area contributed by atoms with Crippen LogP contribution in [0.25, 0.3) is 0 Å². The largest absolute Gasteiger partial charge is 0.385 e. The zero-order valence-corrected chi connectivity index (χ0v) is 12.5. The predicted octanol–water partition coefficient (Wildman–Crippen LogP) is 3.21. The third kappa shape index (κ3) is 3.71. The molecule has 0 bridgehead atoms. The second-order valence-corrected chi connectivity index (χ2v) is 5.55. The number of pyridine rings is 1. The van der Waals surface area contributed by atoms with Gasteiger partial charge in [0.1, 0.15) is 0 Å². The molecule has 110 valence electrons. The molecular formula is C16H25N3O. The average Bonchev–Trinajstić information content (AvgIpc) is 2.49. The summed E-state index contributed by atoms with van der Waals surface area (Å²) in [5, 5.41) is 6.37. The first-order valence-corrected chi connectivity index (χ1v) is 7.73. The molecule has 1 aliphatic carbocycles. The van der Waals surface area contributed by atoms with Crippen LogP contribution in [0.5, 0.6) is 0 Å². The van der Waals surface area contributed by atoms with Gasteiger partial charge in [-0.05, 0) is 44.6 Å². The van der Waals surface area contributed by atoms with Crippen LogP contribution in [0.1, 0.15) is 56.3 Å². The molecule has 1 aromatic heterocycles. The van der Waals surface area contributed by atoms with Crippen LogP contribution in [0.2, 0.25) is 0 Å². The number of nitrogens with zero attached hydrogens (tertiary/aromatic N) is 1. The number of carbonyl (C=O) groups excluding carboxylic acids is 1. The lowest BCUT2D eigenvalue weighted by molar-refractivity contribution is 0.0922. The maximum Gasteiger partial charge on any atom is 0.255 e. The Morgan fingerprint density at radius 2 is 2.05 bits per heavy atom. The molecule has 0 saturated heterocycles. The highest BCUT2D eigenvalue weighted by molar-refractivity contribution is 5.99. The molecule has 20 heavy (non-hydrogen) atoms. The molecule has 0 spiro atoms. The van der Waals surface area contributed by atoms with Gasteiger partial charge in [-0.15, -0.1) is 0 Å². The standard InChI is InChI=1S/C16H25N3O/c1-3-12-5-7-13(8-6-12)19-16(20)14-11-17-10-9-15(14)18-4-2/h9-13H,3-8H2,1-2H3,(H,17,18)(H,19,20). The molecule has 0 atom stereocenters. The molecule has 1 aromatic rings. The third-order valence-corrected chi connectivity index (χ3v) is 4.19. The number of nitrogens with one attached hydrogen (secondary N) is 2. The van der Waals surface area contributed by atoms with Gasteiger partial charge in [0.15, 0.2) is 0 Å². The topological polar surface area (TPSA) is 54.0 Å². The van der Waals surface area contributed by atoms with E-state index in [0.717, 1.165) is 31.0 Å². The van der Waals surface area contributed by atoms with Crippen molar-refractivity contribution in [3.63, 3.8) is 0 Å². The number of carbonyl (C=O) groups is 1. The summed E-state index contributed by atoms with van der Waals surface area (Å²) in [5.41, 5.74) is 1.51. The number of aromatic nitrogens is 1. The van der Waals surface area contributed by atoms with Gasteiger partial charge < -0.3 is 10.6 Å². The van der Waals surface area contributed by atoms with Crippen molar-refractivity contribution in [2.45, 2.75) is 52.0 Å². The summed E-state index contributed by atoms with van der Waals surface area (Å²) in [7, 11) is 0. The van der Waals surface area contributed by atoms with Gasteiger partial charge in [-0.3, -0.25) is 9.78 Å². The van der Waals surface area contributed by atoms with Crippen LogP contribution in [0.4, 0.5) is 5.69 Å². The minimum Gasteiger partial charge on any atom is -0.385 e. The molecule has 2 N–H and O–H groups in total. The monoisotopic (exact) mass is 275 g/mol. The van der Waals surface area contributed by atoms with E-state index in [0.29, 0.717) is 11.6 Å². The van der Waals surface area contributed by atoms with Crippen molar-refractivity contribution in [3.8, 4) is 0 Å². The van der Waals surface area contributed by atoms with E-state index in [4.69, 9.17) is 0 Å². The average molecular weight is 275 g/mol.